The number of benzene rings is 2. The second kappa shape index (κ2) is 9.72. The van der Waals surface area contributed by atoms with Crippen molar-refractivity contribution in [2.75, 3.05) is 27.3 Å². The number of ether oxygens (including phenoxy) is 1. The van der Waals surface area contributed by atoms with Crippen molar-refractivity contribution in [2.45, 2.75) is 19.5 Å². The van der Waals surface area contributed by atoms with Crippen LogP contribution in [0.2, 0.25) is 5.02 Å². The lowest BCUT2D eigenvalue weighted by Gasteiger charge is -2.37. The van der Waals surface area contributed by atoms with Gasteiger partial charge in [-0.05, 0) is 41.8 Å². The number of amidine groups is 1. The molecule has 0 spiro atoms. The van der Waals surface area contributed by atoms with Gasteiger partial charge < -0.3 is 9.84 Å². The summed E-state index contributed by atoms with van der Waals surface area (Å²) in [5.41, 5.74) is 6.87. The Bertz CT molecular complexity index is 941. The third-order valence-corrected chi connectivity index (χ3v) is 5.03. The molecule has 7 nitrogen and oxygen atoms in total. The van der Waals surface area contributed by atoms with Crippen molar-refractivity contribution in [1.29, 1.82) is 5.26 Å². The number of nitriles is 1. The second-order valence-electron chi connectivity index (χ2n) is 6.75. The van der Waals surface area contributed by atoms with Crippen LogP contribution in [0.3, 0.4) is 0 Å². The number of hydrogen-bond donors (Lipinski definition) is 2. The van der Waals surface area contributed by atoms with E-state index in [-0.39, 0.29) is 6.61 Å². The molecule has 0 saturated heterocycles. The van der Waals surface area contributed by atoms with Crippen molar-refractivity contribution in [2.24, 2.45) is 4.99 Å². The average Bonchev–Trinajstić information content (AvgIpc) is 2.75. The van der Waals surface area contributed by atoms with Crippen LogP contribution in [0, 0.1) is 11.3 Å². The van der Waals surface area contributed by atoms with E-state index >= 15 is 0 Å². The summed E-state index contributed by atoms with van der Waals surface area (Å²) >= 11 is 6.22. The Morgan fingerprint density at radius 2 is 2.17 bits per heavy atom. The molecule has 1 aliphatic heterocycles. The number of halogens is 1. The highest BCUT2D eigenvalue weighted by Gasteiger charge is 2.24. The third-order valence-electron chi connectivity index (χ3n) is 4.74. The van der Waals surface area contributed by atoms with Gasteiger partial charge in [-0.2, -0.15) is 10.4 Å². The minimum atomic E-state index is 0.138. The van der Waals surface area contributed by atoms with Crippen molar-refractivity contribution in [3.05, 3.63) is 63.7 Å². The van der Waals surface area contributed by atoms with Crippen LogP contribution >= 0.6 is 11.6 Å². The molecule has 0 aliphatic carbocycles. The summed E-state index contributed by atoms with van der Waals surface area (Å²) in [6.45, 7) is 1.91. The summed E-state index contributed by atoms with van der Waals surface area (Å²) in [5.74, 6) is 1.31. The zero-order chi connectivity index (χ0) is 20.8. The van der Waals surface area contributed by atoms with Gasteiger partial charge in [0.15, 0.2) is 0 Å². The molecule has 8 heteroatoms. The van der Waals surface area contributed by atoms with Crippen molar-refractivity contribution < 1.29 is 9.84 Å². The van der Waals surface area contributed by atoms with E-state index in [1.807, 2.05) is 53.6 Å². The van der Waals surface area contributed by atoms with E-state index in [0.717, 1.165) is 16.7 Å². The fraction of sp³-hybridized carbons (Fsp3) is 0.333. The van der Waals surface area contributed by atoms with E-state index in [2.05, 4.69) is 11.5 Å². The molecule has 152 valence electrons. The van der Waals surface area contributed by atoms with Gasteiger partial charge in [0, 0.05) is 25.8 Å². The van der Waals surface area contributed by atoms with E-state index in [4.69, 9.17) is 26.4 Å². The van der Waals surface area contributed by atoms with Crippen molar-refractivity contribution >= 4 is 17.4 Å². The molecule has 0 unspecified atom stereocenters. The maximum Gasteiger partial charge on any atom is 0.144 e. The number of nitrogens with one attached hydrogen (secondary N) is 1. The number of methoxy groups -OCH3 is 1. The van der Waals surface area contributed by atoms with Gasteiger partial charge in [0.2, 0.25) is 0 Å². The molecule has 2 aromatic carbocycles. The number of nitrogens with zero attached hydrogens (tertiary/aromatic N) is 4. The third kappa shape index (κ3) is 5.05. The Labute approximate surface area is 175 Å². The molecule has 0 amide bonds. The fourth-order valence-electron chi connectivity index (χ4n) is 3.11. The fourth-order valence-corrected chi connectivity index (χ4v) is 3.39. The molecule has 1 aliphatic rings. The van der Waals surface area contributed by atoms with Gasteiger partial charge in [-0.3, -0.25) is 10.4 Å². The molecule has 29 heavy (non-hydrogen) atoms. The van der Waals surface area contributed by atoms with Crippen LogP contribution in [0.25, 0.3) is 0 Å². The lowest BCUT2D eigenvalue weighted by molar-refractivity contribution is -0.0423. The predicted molar refractivity (Wildman–Crippen MR) is 112 cm³/mol. The molecule has 0 saturated carbocycles. The molecule has 0 radical (unpaired) electrons. The Morgan fingerprint density at radius 1 is 1.34 bits per heavy atom. The van der Waals surface area contributed by atoms with Gasteiger partial charge in [0.05, 0.1) is 36.9 Å². The number of rotatable bonds is 7. The molecule has 0 atom stereocenters. The zero-order valence-corrected chi connectivity index (χ0v) is 17.3. The van der Waals surface area contributed by atoms with Gasteiger partial charge >= 0.3 is 0 Å². The van der Waals surface area contributed by atoms with Crippen LogP contribution < -0.4 is 10.2 Å². The van der Waals surface area contributed by atoms with Crippen LogP contribution in [-0.2, 0) is 13.1 Å². The minimum absolute atomic E-state index is 0.138. The zero-order valence-electron chi connectivity index (χ0n) is 16.5. The van der Waals surface area contributed by atoms with Crippen LogP contribution in [0.5, 0.6) is 5.75 Å². The minimum Gasteiger partial charge on any atom is -0.495 e. The molecule has 3 rings (SSSR count). The number of aliphatic imine (C=N–C) groups is 1. The first-order valence-corrected chi connectivity index (χ1v) is 9.70. The lowest BCUT2D eigenvalue weighted by atomic mass is 10.0. The largest absolute Gasteiger partial charge is 0.495 e. The normalized spacial score (nSPS) is 15.1. The molecule has 1 heterocycles. The SMILES string of the molecule is COc1ccc(CN=C2NN(N(C)CCCO)Cc3ccc(C#N)cc32)cc1Cl. The van der Waals surface area contributed by atoms with Crippen molar-refractivity contribution in [1.82, 2.24) is 15.6 Å². The first-order chi connectivity index (χ1) is 14.0. The Kier molecular flexibility index (Phi) is 7.07. The summed E-state index contributed by atoms with van der Waals surface area (Å²) in [6, 6.07) is 13.4. The van der Waals surface area contributed by atoms with Gasteiger partial charge in [-0.25, -0.2) is 5.01 Å². The number of hydrogen-bond acceptors (Lipinski definition) is 6. The number of aliphatic hydroxyl groups is 1. The quantitative estimate of drug-likeness (QED) is 0.726. The van der Waals surface area contributed by atoms with Gasteiger partial charge in [-0.15, -0.1) is 0 Å². The number of fused-ring (bicyclic) bond motifs is 1. The number of aliphatic hydroxyl groups excluding tert-OH is 1. The molecule has 0 aromatic heterocycles. The van der Waals surface area contributed by atoms with Crippen LogP contribution in [0.15, 0.2) is 41.4 Å². The molecule has 0 bridgehead atoms. The van der Waals surface area contributed by atoms with Gasteiger partial charge in [0.1, 0.15) is 11.6 Å². The predicted octanol–water partition coefficient (Wildman–Crippen LogP) is 2.72. The topological polar surface area (TPSA) is 84.1 Å². The van der Waals surface area contributed by atoms with E-state index in [9.17, 15) is 5.26 Å². The average molecular weight is 414 g/mol. The van der Waals surface area contributed by atoms with E-state index in [1.165, 1.54) is 0 Å². The standard InChI is InChI=1S/C21H24ClN5O2/c1-26(8-3-9-28)27-14-17-6-4-15(12-23)10-18(17)21(25-27)24-13-16-5-7-20(29-2)19(22)11-16/h4-7,10-11,28H,3,8-9,13-14H2,1-2H3,(H,24,25). The maximum atomic E-state index is 9.27. The van der Waals surface area contributed by atoms with Gasteiger partial charge in [-0.1, -0.05) is 23.7 Å². The molecular weight excluding hydrogens is 390 g/mol. The van der Waals surface area contributed by atoms with Crippen LogP contribution in [-0.4, -0.2) is 48.4 Å². The highest BCUT2D eigenvalue weighted by atomic mass is 35.5. The van der Waals surface area contributed by atoms with Crippen molar-refractivity contribution in [3.63, 3.8) is 0 Å². The summed E-state index contributed by atoms with van der Waals surface area (Å²) in [6.07, 6.45) is 0.672. The molecule has 0 fully saturated rings. The Morgan fingerprint density at radius 3 is 2.86 bits per heavy atom. The Hall–Kier alpha value is -2.63. The summed E-state index contributed by atoms with van der Waals surface area (Å²) in [7, 11) is 3.54. The summed E-state index contributed by atoms with van der Waals surface area (Å²) < 4.78 is 5.20. The van der Waals surface area contributed by atoms with E-state index in [1.54, 1.807) is 7.11 Å². The van der Waals surface area contributed by atoms with E-state index in [0.29, 0.717) is 48.2 Å². The number of hydrazine groups is 2. The van der Waals surface area contributed by atoms with E-state index < -0.39 is 0 Å². The van der Waals surface area contributed by atoms with Gasteiger partial charge in [0.25, 0.3) is 0 Å². The first-order valence-electron chi connectivity index (χ1n) is 9.32. The van der Waals surface area contributed by atoms with Crippen LogP contribution in [0.1, 0.15) is 28.7 Å². The first kappa shape index (κ1) is 21.1. The smallest absolute Gasteiger partial charge is 0.144 e. The second-order valence-corrected chi connectivity index (χ2v) is 7.15. The summed E-state index contributed by atoms with van der Waals surface area (Å²) in [5, 5.41) is 22.9. The molecular formula is C21H24ClN5O2. The highest BCUT2D eigenvalue weighted by Crippen LogP contribution is 2.26. The molecule has 2 N–H and O–H groups in total. The highest BCUT2D eigenvalue weighted by molar-refractivity contribution is 6.32. The lowest BCUT2D eigenvalue weighted by Crippen LogP contribution is -2.54. The monoisotopic (exact) mass is 413 g/mol. The summed E-state index contributed by atoms with van der Waals surface area (Å²) in [4.78, 5) is 4.76. The maximum absolute atomic E-state index is 9.27. The molecule has 2 aromatic rings. The van der Waals surface area contributed by atoms with Crippen molar-refractivity contribution in [3.8, 4) is 11.8 Å². The van der Waals surface area contributed by atoms with Crippen LogP contribution in [0.4, 0.5) is 0 Å². The Balaban J connectivity index is 1.89.